The molecule has 1 aromatic carbocycles. The van der Waals surface area contributed by atoms with Crippen molar-refractivity contribution in [3.8, 4) is 6.07 Å². The van der Waals surface area contributed by atoms with Crippen molar-refractivity contribution in [2.45, 2.75) is 13.8 Å². The number of anilines is 1. The average Bonchev–Trinajstić information content (AvgIpc) is 3.21. The average molecular weight is 515 g/mol. The first-order valence-corrected chi connectivity index (χ1v) is 11.9. The third kappa shape index (κ3) is 5.80. The molecule has 2 amide bonds. The first-order valence-electron chi connectivity index (χ1n) is 10.7. The number of likely N-dealkylation sites (N-methyl/N-ethyl adjacent to an activating group) is 1. The van der Waals surface area contributed by atoms with Gasteiger partial charge in [-0.25, -0.2) is 4.98 Å². The lowest BCUT2D eigenvalue weighted by Crippen LogP contribution is -2.44. The van der Waals surface area contributed by atoms with Gasteiger partial charge in [0.2, 0.25) is 5.13 Å². The highest BCUT2D eigenvalue weighted by Crippen LogP contribution is 2.35. The summed E-state index contributed by atoms with van der Waals surface area (Å²) in [4.78, 5) is 32.6. The quantitative estimate of drug-likeness (QED) is 0.295. The molecule has 3 rings (SSSR count). The zero-order valence-electron chi connectivity index (χ0n) is 19.1. The van der Waals surface area contributed by atoms with Crippen LogP contribution in [0.15, 0.2) is 51.2 Å². The van der Waals surface area contributed by atoms with Gasteiger partial charge in [-0.15, -0.1) is 10.2 Å². The van der Waals surface area contributed by atoms with Crippen LogP contribution in [-0.2, 0) is 9.59 Å². The Kier molecular flexibility index (Phi) is 8.84. The van der Waals surface area contributed by atoms with Gasteiger partial charge in [-0.2, -0.15) is 5.26 Å². The van der Waals surface area contributed by atoms with Gasteiger partial charge in [-0.3, -0.25) is 14.5 Å². The van der Waals surface area contributed by atoms with E-state index >= 15 is 0 Å². The van der Waals surface area contributed by atoms with E-state index in [0.717, 1.165) is 28.5 Å². The van der Waals surface area contributed by atoms with Crippen LogP contribution in [0.3, 0.4) is 0 Å². The van der Waals surface area contributed by atoms with E-state index in [-0.39, 0.29) is 40.2 Å². The topological polar surface area (TPSA) is 142 Å². The van der Waals surface area contributed by atoms with Gasteiger partial charge in [0, 0.05) is 24.4 Å². The Balaban J connectivity index is 1.86. The van der Waals surface area contributed by atoms with E-state index in [0.29, 0.717) is 17.1 Å². The van der Waals surface area contributed by atoms with Crippen LogP contribution in [-0.4, -0.2) is 64.8 Å². The molecule has 2 aromatic rings. The molecule has 0 radical (unpaired) electrons. The molecule has 1 aliphatic heterocycles. The molecule has 0 unspecified atom stereocenters. The fourth-order valence-corrected chi connectivity index (χ4v) is 4.44. The smallest absolute Gasteiger partial charge is 0.271 e. The van der Waals surface area contributed by atoms with Gasteiger partial charge in [-0.05, 0) is 49.8 Å². The van der Waals surface area contributed by atoms with E-state index in [9.17, 15) is 20.0 Å². The molecule has 0 bridgehead atoms. The number of imide groups is 1. The van der Waals surface area contributed by atoms with Crippen LogP contribution in [0.2, 0.25) is 5.15 Å². The van der Waals surface area contributed by atoms with Crippen molar-refractivity contribution in [1.29, 1.82) is 5.26 Å². The summed E-state index contributed by atoms with van der Waals surface area (Å²) in [5.74, 6) is -1.37. The molecule has 0 saturated heterocycles. The normalized spacial score (nSPS) is 15.4. The Morgan fingerprint density at radius 3 is 2.51 bits per heavy atom. The number of thiazole rings is 1. The van der Waals surface area contributed by atoms with Crippen molar-refractivity contribution in [3.63, 3.8) is 0 Å². The highest BCUT2D eigenvalue weighted by atomic mass is 35.5. The summed E-state index contributed by atoms with van der Waals surface area (Å²) in [5, 5.41) is 36.4. The number of rotatable bonds is 9. The number of azo groups is 1. The van der Waals surface area contributed by atoms with Crippen molar-refractivity contribution in [1.82, 2.24) is 9.88 Å². The molecule has 0 atom stereocenters. The molecular formula is C23H23ClN6O4S. The summed E-state index contributed by atoms with van der Waals surface area (Å²) < 4.78 is 0. The van der Waals surface area contributed by atoms with Gasteiger partial charge in [-0.1, -0.05) is 22.9 Å². The SMILES string of the molecule is CCN(CCO)c1ccc(N=Nc2nc(Cl)c(/C=C3/C(=O)N(CCO)C(=O)C(C#N)=C3C)s2)cc1. The van der Waals surface area contributed by atoms with Crippen LogP contribution < -0.4 is 4.90 Å². The lowest BCUT2D eigenvalue weighted by Gasteiger charge is -2.26. The van der Waals surface area contributed by atoms with E-state index in [1.165, 1.54) is 13.0 Å². The highest BCUT2D eigenvalue weighted by molar-refractivity contribution is 7.16. The summed E-state index contributed by atoms with van der Waals surface area (Å²) in [6.07, 6.45) is 1.46. The molecule has 10 nitrogen and oxygen atoms in total. The molecule has 12 heteroatoms. The van der Waals surface area contributed by atoms with Crippen LogP contribution in [0.1, 0.15) is 18.7 Å². The Hall–Kier alpha value is -3.43. The number of benzene rings is 1. The Bertz CT molecular complexity index is 1250. The number of nitrogens with zero attached hydrogens (tertiary/aromatic N) is 6. The number of aliphatic hydroxyl groups excluding tert-OH is 2. The minimum Gasteiger partial charge on any atom is -0.395 e. The maximum atomic E-state index is 12.8. The number of aliphatic hydroxyl groups is 2. The van der Waals surface area contributed by atoms with Gasteiger partial charge in [0.05, 0.1) is 30.3 Å². The molecule has 182 valence electrons. The van der Waals surface area contributed by atoms with Crippen LogP contribution in [0.4, 0.5) is 16.5 Å². The van der Waals surface area contributed by atoms with Gasteiger partial charge in [0.15, 0.2) is 0 Å². The van der Waals surface area contributed by atoms with Gasteiger partial charge >= 0.3 is 0 Å². The number of carbonyl (C=O) groups excluding carboxylic acids is 2. The van der Waals surface area contributed by atoms with Gasteiger partial charge < -0.3 is 15.1 Å². The molecule has 2 N–H and O–H groups in total. The molecule has 1 aromatic heterocycles. The van der Waals surface area contributed by atoms with E-state index in [2.05, 4.69) is 15.2 Å². The second kappa shape index (κ2) is 11.8. The van der Waals surface area contributed by atoms with Gasteiger partial charge in [0.1, 0.15) is 16.8 Å². The van der Waals surface area contributed by atoms with Crippen molar-refractivity contribution in [2.75, 3.05) is 37.7 Å². The Morgan fingerprint density at radius 1 is 1.20 bits per heavy atom. The zero-order valence-corrected chi connectivity index (χ0v) is 20.7. The number of amides is 2. The summed E-state index contributed by atoms with van der Waals surface area (Å²) in [6.45, 7) is 4.22. The number of hydrogen-bond acceptors (Lipinski definition) is 10. The minimum atomic E-state index is -0.740. The van der Waals surface area contributed by atoms with Crippen molar-refractivity contribution >= 4 is 57.3 Å². The van der Waals surface area contributed by atoms with E-state index in [1.54, 1.807) is 12.1 Å². The molecule has 2 heterocycles. The third-order valence-corrected chi connectivity index (χ3v) is 6.53. The van der Waals surface area contributed by atoms with Crippen molar-refractivity contribution in [3.05, 3.63) is 51.0 Å². The molecule has 0 fully saturated rings. The molecule has 1 aliphatic rings. The molecule has 35 heavy (non-hydrogen) atoms. The predicted molar refractivity (Wildman–Crippen MR) is 133 cm³/mol. The third-order valence-electron chi connectivity index (χ3n) is 5.24. The number of aromatic nitrogens is 1. The van der Waals surface area contributed by atoms with E-state index in [4.69, 9.17) is 16.7 Å². The zero-order chi connectivity index (χ0) is 25.5. The molecule has 0 spiro atoms. The first-order chi connectivity index (χ1) is 16.8. The summed E-state index contributed by atoms with van der Waals surface area (Å²) >= 11 is 7.35. The number of halogens is 1. The fraction of sp³-hybridized carbons (Fsp3) is 0.304. The minimum absolute atomic E-state index is 0.0626. The second-order valence-corrected chi connectivity index (χ2v) is 8.69. The molecule has 0 saturated carbocycles. The standard InChI is InChI=1S/C23H23ClN6O4S/c1-3-29(8-10-31)16-6-4-15(5-7-16)27-28-23-26-20(24)19(35-23)12-17-14(2)18(13-25)22(34)30(9-11-32)21(17)33/h4-7,12,31-32H,3,8-11H2,1-2H3/b17-12+,28-27?. The van der Waals surface area contributed by atoms with Gasteiger partial charge in [0.25, 0.3) is 11.8 Å². The van der Waals surface area contributed by atoms with Crippen molar-refractivity contribution < 1.29 is 19.8 Å². The van der Waals surface area contributed by atoms with Crippen LogP contribution in [0.5, 0.6) is 0 Å². The number of hydrogen-bond donors (Lipinski definition) is 2. The number of nitriles is 1. The monoisotopic (exact) mass is 514 g/mol. The Morgan fingerprint density at radius 2 is 1.91 bits per heavy atom. The maximum absolute atomic E-state index is 12.8. The van der Waals surface area contributed by atoms with E-state index in [1.807, 2.05) is 30.0 Å². The summed E-state index contributed by atoms with van der Waals surface area (Å²) in [7, 11) is 0. The summed E-state index contributed by atoms with van der Waals surface area (Å²) in [6, 6.07) is 9.18. The fourth-order valence-electron chi connectivity index (χ4n) is 3.42. The number of β-amino-alcohol motifs (C(OH)–C–C–N with tert-alkyl or cyclic N) is 1. The summed E-state index contributed by atoms with van der Waals surface area (Å²) in [5.41, 5.74) is 1.72. The largest absolute Gasteiger partial charge is 0.395 e. The molecule has 0 aliphatic carbocycles. The number of carbonyl (C=O) groups is 2. The van der Waals surface area contributed by atoms with Crippen molar-refractivity contribution in [2.24, 2.45) is 10.2 Å². The molecular weight excluding hydrogens is 492 g/mol. The lowest BCUT2D eigenvalue weighted by molar-refractivity contribution is -0.140. The van der Waals surface area contributed by atoms with Crippen LogP contribution in [0.25, 0.3) is 6.08 Å². The maximum Gasteiger partial charge on any atom is 0.271 e. The second-order valence-electron chi connectivity index (χ2n) is 7.33. The highest BCUT2D eigenvalue weighted by Gasteiger charge is 2.35. The Labute approximate surface area is 211 Å². The lowest BCUT2D eigenvalue weighted by atomic mass is 9.95. The predicted octanol–water partition coefficient (Wildman–Crippen LogP) is 3.62. The van der Waals surface area contributed by atoms with Crippen LogP contribution in [0, 0.1) is 11.3 Å². The first kappa shape index (κ1) is 26.2. The van der Waals surface area contributed by atoms with E-state index < -0.39 is 18.4 Å². The van der Waals surface area contributed by atoms with Crippen LogP contribution >= 0.6 is 22.9 Å².